The van der Waals surface area contributed by atoms with Crippen LogP contribution in [-0.2, 0) is 0 Å². The number of aromatic amines is 1. The largest absolute Gasteiger partial charge is 0.309 e. The van der Waals surface area contributed by atoms with Gasteiger partial charge in [0.15, 0.2) is 0 Å². The molecule has 0 radical (unpaired) electrons. The third-order valence-corrected chi connectivity index (χ3v) is 4.41. The van der Waals surface area contributed by atoms with Crippen molar-refractivity contribution >= 4 is 34.4 Å². The van der Waals surface area contributed by atoms with E-state index in [0.29, 0.717) is 8.82 Å². The Bertz CT molecular complexity index is 373. The summed E-state index contributed by atoms with van der Waals surface area (Å²) in [5.74, 6) is 2.03. The molecule has 3 nitrogen and oxygen atoms in total. The molecule has 5 heteroatoms. The van der Waals surface area contributed by atoms with Crippen molar-refractivity contribution in [3.8, 4) is 0 Å². The van der Waals surface area contributed by atoms with E-state index in [1.165, 1.54) is 18.6 Å². The first kappa shape index (κ1) is 10.5. The van der Waals surface area contributed by atoms with E-state index < -0.39 is 0 Å². The molecule has 0 amide bonds. The van der Waals surface area contributed by atoms with E-state index in [-0.39, 0.29) is 5.56 Å². The van der Waals surface area contributed by atoms with Gasteiger partial charge in [0.05, 0.1) is 8.82 Å². The van der Waals surface area contributed by atoms with Crippen molar-refractivity contribution in [3.63, 3.8) is 0 Å². The number of nitrogens with one attached hydrogen (secondary N) is 1. The minimum Gasteiger partial charge on any atom is -0.309 e. The van der Waals surface area contributed by atoms with Gasteiger partial charge in [-0.25, -0.2) is 4.98 Å². The van der Waals surface area contributed by atoms with Crippen LogP contribution in [0.25, 0.3) is 0 Å². The number of nitrogens with zero attached hydrogens (tertiary/aromatic N) is 1. The smallest absolute Gasteiger partial charge is 0.264 e. The number of rotatable bonds is 1. The van der Waals surface area contributed by atoms with Crippen molar-refractivity contribution in [1.29, 1.82) is 0 Å². The molecule has 1 aliphatic heterocycles. The molecular formula is C9H11IN2OS. The minimum atomic E-state index is -0.0122. The van der Waals surface area contributed by atoms with E-state index >= 15 is 0 Å². The zero-order valence-electron chi connectivity index (χ0n) is 7.62. The van der Waals surface area contributed by atoms with Crippen molar-refractivity contribution in [2.75, 3.05) is 5.75 Å². The van der Waals surface area contributed by atoms with Gasteiger partial charge in [0.25, 0.3) is 5.56 Å². The molecule has 1 fully saturated rings. The summed E-state index contributed by atoms with van der Waals surface area (Å²) < 4.78 is 0.659. The van der Waals surface area contributed by atoms with Gasteiger partial charge in [-0.15, -0.1) is 0 Å². The highest BCUT2D eigenvalue weighted by Gasteiger charge is 2.18. The second kappa shape index (κ2) is 4.65. The Hall–Kier alpha value is -0.0400. The fraction of sp³-hybridized carbons (Fsp3) is 0.556. The summed E-state index contributed by atoms with van der Waals surface area (Å²) in [7, 11) is 0. The molecular weight excluding hydrogens is 311 g/mol. The van der Waals surface area contributed by atoms with Crippen LogP contribution in [0.15, 0.2) is 11.0 Å². The molecule has 2 heterocycles. The molecule has 1 aliphatic rings. The summed E-state index contributed by atoms with van der Waals surface area (Å²) in [5, 5.41) is 0.397. The van der Waals surface area contributed by atoms with Crippen LogP contribution < -0.4 is 5.56 Å². The molecule has 0 spiro atoms. The summed E-state index contributed by atoms with van der Waals surface area (Å²) in [6, 6.07) is 0. The Labute approximate surface area is 100 Å². The third-order valence-electron chi connectivity index (χ3n) is 2.26. The number of H-pyrrole nitrogens is 1. The van der Waals surface area contributed by atoms with Gasteiger partial charge >= 0.3 is 0 Å². The lowest BCUT2D eigenvalue weighted by Crippen LogP contribution is -2.16. The topological polar surface area (TPSA) is 45.8 Å². The van der Waals surface area contributed by atoms with Gasteiger partial charge < -0.3 is 4.98 Å². The summed E-state index contributed by atoms with van der Waals surface area (Å²) in [6.45, 7) is 0. The van der Waals surface area contributed by atoms with Crippen molar-refractivity contribution in [1.82, 2.24) is 9.97 Å². The van der Waals surface area contributed by atoms with E-state index in [9.17, 15) is 4.79 Å². The van der Waals surface area contributed by atoms with Gasteiger partial charge in [-0.1, -0.05) is 6.42 Å². The van der Waals surface area contributed by atoms with E-state index in [0.717, 1.165) is 12.2 Å². The predicted molar refractivity (Wildman–Crippen MR) is 66.6 cm³/mol. The molecule has 1 aromatic heterocycles. The van der Waals surface area contributed by atoms with Crippen LogP contribution >= 0.6 is 34.4 Å². The summed E-state index contributed by atoms with van der Waals surface area (Å²) >= 11 is 3.89. The number of aromatic nitrogens is 2. The third kappa shape index (κ3) is 2.31. The molecule has 0 aromatic carbocycles. The normalized spacial score (nSPS) is 22.2. The van der Waals surface area contributed by atoms with Crippen LogP contribution in [0.4, 0.5) is 0 Å². The summed E-state index contributed by atoms with van der Waals surface area (Å²) in [6.07, 6.45) is 5.32. The fourth-order valence-electron chi connectivity index (χ4n) is 1.51. The standard InChI is InChI=1S/C9H11IN2OS/c10-6-5-11-8(12-9(6)13)7-3-1-2-4-14-7/h5,7H,1-4H2,(H,11,12,13). The average molecular weight is 322 g/mol. The molecule has 1 atom stereocenters. The molecule has 1 N–H and O–H groups in total. The lowest BCUT2D eigenvalue weighted by molar-refractivity contribution is 0.659. The Morgan fingerprint density at radius 2 is 2.43 bits per heavy atom. The zero-order valence-corrected chi connectivity index (χ0v) is 10.6. The van der Waals surface area contributed by atoms with E-state index in [1.54, 1.807) is 6.20 Å². The molecule has 0 saturated carbocycles. The monoisotopic (exact) mass is 322 g/mol. The average Bonchev–Trinajstić information content (AvgIpc) is 2.23. The first-order valence-corrected chi connectivity index (χ1v) is 6.76. The van der Waals surface area contributed by atoms with Gasteiger partial charge in [-0.3, -0.25) is 4.79 Å². The molecule has 0 bridgehead atoms. The predicted octanol–water partition coefficient (Wildman–Crippen LogP) is 2.33. The molecule has 1 aromatic rings. The second-order valence-corrected chi connectivity index (χ2v) is 5.77. The quantitative estimate of drug-likeness (QED) is 0.807. The Morgan fingerprint density at radius 3 is 3.07 bits per heavy atom. The van der Waals surface area contributed by atoms with Gasteiger partial charge in [0.2, 0.25) is 0 Å². The molecule has 1 saturated heterocycles. The number of halogens is 1. The maximum Gasteiger partial charge on any atom is 0.264 e. The fourth-order valence-corrected chi connectivity index (χ4v) is 3.05. The second-order valence-electron chi connectivity index (χ2n) is 3.30. The SMILES string of the molecule is O=c1[nH]c(C2CCCCS2)ncc1I. The Balaban J connectivity index is 2.23. The number of hydrogen-bond acceptors (Lipinski definition) is 3. The summed E-state index contributed by atoms with van der Waals surface area (Å²) in [5.41, 5.74) is -0.0122. The van der Waals surface area contributed by atoms with Crippen molar-refractivity contribution in [2.24, 2.45) is 0 Å². The molecule has 0 aliphatic carbocycles. The van der Waals surface area contributed by atoms with Gasteiger partial charge in [-0.05, 0) is 41.2 Å². The Morgan fingerprint density at radius 1 is 1.57 bits per heavy atom. The van der Waals surface area contributed by atoms with Gasteiger partial charge in [0, 0.05) is 6.20 Å². The van der Waals surface area contributed by atoms with E-state index in [1.807, 2.05) is 34.4 Å². The van der Waals surface area contributed by atoms with Crippen molar-refractivity contribution < 1.29 is 0 Å². The van der Waals surface area contributed by atoms with Gasteiger partial charge in [-0.2, -0.15) is 11.8 Å². The first-order chi connectivity index (χ1) is 6.77. The highest BCUT2D eigenvalue weighted by Crippen LogP contribution is 2.35. The van der Waals surface area contributed by atoms with Crippen LogP contribution in [0.2, 0.25) is 0 Å². The van der Waals surface area contributed by atoms with Crippen LogP contribution in [0.1, 0.15) is 30.3 Å². The van der Waals surface area contributed by atoms with Crippen LogP contribution in [0.3, 0.4) is 0 Å². The van der Waals surface area contributed by atoms with E-state index in [2.05, 4.69) is 9.97 Å². The molecule has 1 unspecified atom stereocenters. The molecule has 14 heavy (non-hydrogen) atoms. The van der Waals surface area contributed by atoms with Gasteiger partial charge in [0.1, 0.15) is 5.82 Å². The van der Waals surface area contributed by atoms with Crippen molar-refractivity contribution in [3.05, 3.63) is 25.9 Å². The minimum absolute atomic E-state index is 0.0122. The molecule has 2 rings (SSSR count). The lowest BCUT2D eigenvalue weighted by atomic mass is 10.2. The number of thioether (sulfide) groups is 1. The maximum absolute atomic E-state index is 11.4. The maximum atomic E-state index is 11.4. The highest BCUT2D eigenvalue weighted by atomic mass is 127. The van der Waals surface area contributed by atoms with Crippen LogP contribution in [0.5, 0.6) is 0 Å². The van der Waals surface area contributed by atoms with Crippen molar-refractivity contribution in [2.45, 2.75) is 24.5 Å². The number of hydrogen-bond donors (Lipinski definition) is 1. The molecule has 76 valence electrons. The van der Waals surface area contributed by atoms with Crippen LogP contribution in [0, 0.1) is 3.57 Å². The lowest BCUT2D eigenvalue weighted by Gasteiger charge is -2.19. The van der Waals surface area contributed by atoms with E-state index in [4.69, 9.17) is 0 Å². The Kier molecular flexibility index (Phi) is 3.48. The van der Waals surface area contributed by atoms with Crippen LogP contribution in [-0.4, -0.2) is 15.7 Å². The summed E-state index contributed by atoms with van der Waals surface area (Å²) in [4.78, 5) is 18.5. The first-order valence-electron chi connectivity index (χ1n) is 4.63. The zero-order chi connectivity index (χ0) is 9.97. The highest BCUT2D eigenvalue weighted by molar-refractivity contribution is 14.1.